The molecule has 12 nitrogen and oxygen atoms in total. The second-order valence-corrected chi connectivity index (χ2v) is 11.5. The standard InChI is InChI=1S/C28H22N2O10S2.Na/c31-23-7-3-1-5-21(23)27(33)29-19-13-11-17(25(15-19)41(35,36)37)9-10-18-12-14-20(16-26(18)42(38,39)40)30-28(34)22-6-2-4-8-24(22)32;/h1-16,31-32H,(H,29,33)(H,30,34)(H,35,36,37)(H,38,39,40);. The molecule has 0 aromatic heterocycles. The molecule has 6 N–H and O–H groups in total. The maximum Gasteiger partial charge on any atom is 0.295 e. The van der Waals surface area contributed by atoms with Gasteiger partial charge in [-0.1, -0.05) is 48.6 Å². The van der Waals surface area contributed by atoms with Crippen LogP contribution < -0.4 is 10.6 Å². The third-order valence-corrected chi connectivity index (χ3v) is 7.66. The third-order valence-electron chi connectivity index (χ3n) is 5.84. The molecule has 1 radical (unpaired) electrons. The number of carbonyl (C=O) groups is 2. The number of para-hydroxylation sites is 2. The maximum atomic E-state index is 12.5. The summed E-state index contributed by atoms with van der Waals surface area (Å²) in [4.78, 5) is 23.7. The number of rotatable bonds is 8. The van der Waals surface area contributed by atoms with Crippen molar-refractivity contribution >= 4 is 85.1 Å². The molecule has 0 saturated carbocycles. The van der Waals surface area contributed by atoms with Gasteiger partial charge in [0, 0.05) is 40.9 Å². The Morgan fingerprint density at radius 1 is 0.581 bits per heavy atom. The SMILES string of the molecule is O=C(Nc1ccc(C=Cc2ccc(NC(=O)c3ccccc3O)cc2S(=O)(=O)O)c(S(=O)(=O)O)c1)c1ccccc1O.[Na]. The van der Waals surface area contributed by atoms with Gasteiger partial charge >= 0.3 is 0 Å². The molecule has 0 spiro atoms. The van der Waals surface area contributed by atoms with Gasteiger partial charge in [-0.05, 0) is 59.7 Å². The van der Waals surface area contributed by atoms with Gasteiger partial charge < -0.3 is 20.8 Å². The van der Waals surface area contributed by atoms with Crippen LogP contribution in [0, 0.1) is 0 Å². The van der Waals surface area contributed by atoms with Gasteiger partial charge in [0.1, 0.15) is 21.3 Å². The van der Waals surface area contributed by atoms with Crippen molar-refractivity contribution in [1.82, 2.24) is 0 Å². The number of carbonyl (C=O) groups excluding carboxylic acids is 2. The number of phenols is 2. The average molecular weight is 634 g/mol. The van der Waals surface area contributed by atoms with E-state index in [0.29, 0.717) is 0 Å². The summed E-state index contributed by atoms with van der Waals surface area (Å²) in [5.41, 5.74) is -0.416. The Morgan fingerprint density at radius 3 is 1.26 bits per heavy atom. The topological polar surface area (TPSA) is 207 Å². The summed E-state index contributed by atoms with van der Waals surface area (Å²) < 4.78 is 68.1. The zero-order valence-electron chi connectivity index (χ0n) is 22.3. The van der Waals surface area contributed by atoms with Crippen LogP contribution in [0.5, 0.6) is 11.5 Å². The first-order valence-corrected chi connectivity index (χ1v) is 14.7. The minimum atomic E-state index is -4.85. The Kier molecular flexibility index (Phi) is 10.5. The summed E-state index contributed by atoms with van der Waals surface area (Å²) >= 11 is 0. The van der Waals surface area contributed by atoms with Gasteiger partial charge in [0.2, 0.25) is 0 Å². The zero-order chi connectivity index (χ0) is 30.7. The third kappa shape index (κ3) is 8.30. The van der Waals surface area contributed by atoms with E-state index in [9.17, 15) is 45.7 Å². The van der Waals surface area contributed by atoms with Gasteiger partial charge in [0.25, 0.3) is 32.1 Å². The van der Waals surface area contributed by atoms with Crippen molar-refractivity contribution in [3.8, 4) is 11.5 Å². The normalized spacial score (nSPS) is 11.5. The van der Waals surface area contributed by atoms with Crippen LogP contribution in [0.25, 0.3) is 12.2 Å². The molecule has 4 aromatic rings. The Labute approximate surface area is 268 Å². The quantitative estimate of drug-likeness (QED) is 0.0937. The monoisotopic (exact) mass is 633 g/mol. The number of benzene rings is 4. The van der Waals surface area contributed by atoms with Crippen LogP contribution in [-0.2, 0) is 20.2 Å². The van der Waals surface area contributed by atoms with E-state index >= 15 is 0 Å². The predicted molar refractivity (Wildman–Crippen MR) is 159 cm³/mol. The van der Waals surface area contributed by atoms with Crippen LogP contribution in [0.1, 0.15) is 31.8 Å². The van der Waals surface area contributed by atoms with Crippen molar-refractivity contribution in [2.45, 2.75) is 9.79 Å². The maximum absolute atomic E-state index is 12.5. The molecule has 43 heavy (non-hydrogen) atoms. The van der Waals surface area contributed by atoms with E-state index in [2.05, 4.69) is 10.6 Å². The molecular formula is C28H22N2NaO10S2. The summed E-state index contributed by atoms with van der Waals surface area (Å²) in [6.45, 7) is 0. The van der Waals surface area contributed by atoms with Crippen LogP contribution in [0.4, 0.5) is 11.4 Å². The van der Waals surface area contributed by atoms with Crippen molar-refractivity contribution < 1.29 is 45.7 Å². The fourth-order valence-corrected chi connectivity index (χ4v) is 5.27. The molecule has 217 valence electrons. The molecule has 0 atom stereocenters. The number of aromatic hydroxyl groups is 2. The van der Waals surface area contributed by atoms with Crippen LogP contribution in [-0.4, -0.2) is 77.5 Å². The molecule has 0 aliphatic heterocycles. The summed E-state index contributed by atoms with van der Waals surface area (Å²) in [5, 5.41) is 24.6. The van der Waals surface area contributed by atoms with E-state index in [1.807, 2.05) is 0 Å². The second kappa shape index (κ2) is 13.5. The van der Waals surface area contributed by atoms with Crippen LogP contribution in [0.2, 0.25) is 0 Å². The molecule has 15 heteroatoms. The number of hydrogen-bond donors (Lipinski definition) is 6. The van der Waals surface area contributed by atoms with E-state index in [4.69, 9.17) is 0 Å². The van der Waals surface area contributed by atoms with Gasteiger partial charge in [0.05, 0.1) is 11.1 Å². The van der Waals surface area contributed by atoms with Crippen molar-refractivity contribution in [2.24, 2.45) is 0 Å². The molecule has 0 saturated heterocycles. The van der Waals surface area contributed by atoms with Gasteiger partial charge in [-0.3, -0.25) is 18.7 Å². The van der Waals surface area contributed by atoms with Gasteiger partial charge in [-0.15, -0.1) is 0 Å². The number of phenolic OH excluding ortho intramolecular Hbond substituents is 2. The van der Waals surface area contributed by atoms with Crippen molar-refractivity contribution in [2.75, 3.05) is 10.6 Å². The van der Waals surface area contributed by atoms with Gasteiger partial charge in [0.15, 0.2) is 0 Å². The van der Waals surface area contributed by atoms with E-state index in [0.717, 1.165) is 24.3 Å². The molecule has 0 heterocycles. The Hall–Kier alpha value is -4.02. The summed E-state index contributed by atoms with van der Waals surface area (Å²) in [5.74, 6) is -2.10. The smallest absolute Gasteiger partial charge is 0.295 e. The van der Waals surface area contributed by atoms with Crippen LogP contribution >= 0.6 is 0 Å². The molecule has 0 fully saturated rings. The van der Waals surface area contributed by atoms with Crippen LogP contribution in [0.3, 0.4) is 0 Å². The van der Waals surface area contributed by atoms with Crippen molar-refractivity contribution in [1.29, 1.82) is 0 Å². The molecular weight excluding hydrogens is 611 g/mol. The molecule has 2 amide bonds. The van der Waals surface area contributed by atoms with E-state index in [1.54, 1.807) is 0 Å². The Morgan fingerprint density at radius 2 is 0.930 bits per heavy atom. The summed E-state index contributed by atoms with van der Waals surface area (Å²) in [6.07, 6.45) is 2.31. The van der Waals surface area contributed by atoms with E-state index < -0.39 is 41.8 Å². The first-order valence-electron chi connectivity index (χ1n) is 11.8. The fourth-order valence-electron chi connectivity index (χ4n) is 3.85. The van der Waals surface area contributed by atoms with Gasteiger partial charge in [-0.2, -0.15) is 16.8 Å². The number of anilines is 2. The van der Waals surface area contributed by atoms with Crippen molar-refractivity contribution in [3.63, 3.8) is 0 Å². The summed E-state index contributed by atoms with van der Waals surface area (Å²) in [7, 11) is -9.69. The Bertz CT molecular complexity index is 1820. The van der Waals surface area contributed by atoms with Crippen molar-refractivity contribution in [3.05, 3.63) is 107 Å². The molecule has 0 aliphatic rings. The first-order chi connectivity index (χ1) is 19.7. The number of hydrogen-bond acceptors (Lipinski definition) is 8. The molecule has 0 unspecified atom stereocenters. The second-order valence-electron chi connectivity index (χ2n) is 8.73. The minimum Gasteiger partial charge on any atom is -0.507 e. The van der Waals surface area contributed by atoms with Crippen LogP contribution in [0.15, 0.2) is 94.7 Å². The van der Waals surface area contributed by atoms with Gasteiger partial charge in [-0.25, -0.2) is 0 Å². The first kappa shape index (κ1) is 33.5. The fraction of sp³-hybridized carbons (Fsp3) is 0. The average Bonchev–Trinajstić information content (AvgIpc) is 2.92. The largest absolute Gasteiger partial charge is 0.507 e. The molecule has 0 bridgehead atoms. The molecule has 4 rings (SSSR count). The minimum absolute atomic E-state index is 0. The molecule has 0 aliphatic carbocycles. The molecule has 4 aromatic carbocycles. The Balaban J connectivity index is 0.00000506. The van der Waals surface area contributed by atoms with E-state index in [-0.39, 0.29) is 74.7 Å². The number of nitrogens with one attached hydrogen (secondary N) is 2. The predicted octanol–water partition coefficient (Wildman–Crippen LogP) is 3.89. The van der Waals surface area contributed by atoms with E-state index in [1.165, 1.54) is 72.8 Å². The zero-order valence-corrected chi connectivity index (χ0v) is 25.9. The number of amides is 2. The summed E-state index contributed by atoms with van der Waals surface area (Å²) in [6, 6.07) is 18.4.